The average molecular weight is 294 g/mol. The summed E-state index contributed by atoms with van der Waals surface area (Å²) in [6.45, 7) is 4.50. The van der Waals surface area contributed by atoms with Gasteiger partial charge in [-0.2, -0.15) is 0 Å². The van der Waals surface area contributed by atoms with Gasteiger partial charge in [0, 0.05) is 23.9 Å². The number of aromatic nitrogens is 1. The van der Waals surface area contributed by atoms with Crippen molar-refractivity contribution in [3.8, 4) is 0 Å². The molecule has 4 nitrogen and oxygen atoms in total. The highest BCUT2D eigenvalue weighted by Gasteiger charge is 2.31. The first-order valence-electron chi connectivity index (χ1n) is 7.60. The predicted octanol–water partition coefficient (Wildman–Crippen LogP) is 3.27. The summed E-state index contributed by atoms with van der Waals surface area (Å²) in [5.74, 6) is 0.710. The van der Waals surface area contributed by atoms with Gasteiger partial charge in [0.1, 0.15) is 0 Å². The lowest BCUT2D eigenvalue weighted by atomic mass is 10.00. The molecule has 1 aromatic heterocycles. The molecule has 2 fully saturated rings. The lowest BCUT2D eigenvalue weighted by Gasteiger charge is -2.29. The van der Waals surface area contributed by atoms with Crippen molar-refractivity contribution in [2.24, 2.45) is 5.92 Å². The molecule has 5 heteroatoms. The second-order valence-electron chi connectivity index (χ2n) is 6.14. The Bertz CT molecular complexity index is 488. The second kappa shape index (κ2) is 5.72. The van der Waals surface area contributed by atoms with Crippen molar-refractivity contribution < 1.29 is 9.90 Å². The molecule has 1 saturated heterocycles. The van der Waals surface area contributed by atoms with Crippen molar-refractivity contribution in [3.05, 3.63) is 10.6 Å². The molecular formula is C15H22N2O2S. The molecule has 0 radical (unpaired) electrons. The van der Waals surface area contributed by atoms with E-state index in [1.807, 2.05) is 0 Å². The summed E-state index contributed by atoms with van der Waals surface area (Å²) >= 11 is 1.73. The topological polar surface area (TPSA) is 53.4 Å². The Morgan fingerprint density at radius 1 is 1.35 bits per heavy atom. The molecule has 0 bridgehead atoms. The van der Waals surface area contributed by atoms with Crippen LogP contribution in [0.1, 0.15) is 55.5 Å². The maximum atomic E-state index is 10.8. The molecule has 1 N–H and O–H groups in total. The first-order valence-corrected chi connectivity index (χ1v) is 8.41. The molecule has 0 spiro atoms. The van der Waals surface area contributed by atoms with Crippen LogP contribution in [0, 0.1) is 5.92 Å². The number of carboxylic acids is 1. The van der Waals surface area contributed by atoms with Gasteiger partial charge < -0.3 is 10.0 Å². The number of aliphatic carboxylic acids is 1. The second-order valence-corrected chi connectivity index (χ2v) is 7.20. The molecule has 0 atom stereocenters. The van der Waals surface area contributed by atoms with Crippen LogP contribution in [0.3, 0.4) is 0 Å². The number of hydrogen-bond donors (Lipinski definition) is 1. The Hall–Kier alpha value is -1.10. The van der Waals surface area contributed by atoms with Gasteiger partial charge in [0.05, 0.1) is 12.1 Å². The number of nitrogens with zero attached hydrogens (tertiary/aromatic N) is 2. The fraction of sp³-hybridized carbons (Fsp3) is 0.733. The predicted molar refractivity (Wildman–Crippen MR) is 80.7 cm³/mol. The number of hydrogen-bond acceptors (Lipinski definition) is 4. The molecule has 3 rings (SSSR count). The van der Waals surface area contributed by atoms with E-state index < -0.39 is 5.97 Å². The third kappa shape index (κ3) is 3.14. The Morgan fingerprint density at radius 2 is 2.05 bits per heavy atom. The van der Waals surface area contributed by atoms with Crippen molar-refractivity contribution >= 4 is 22.4 Å². The molecule has 1 aliphatic heterocycles. The minimum Gasteiger partial charge on any atom is -0.481 e. The van der Waals surface area contributed by atoms with Crippen molar-refractivity contribution in [1.29, 1.82) is 0 Å². The van der Waals surface area contributed by atoms with E-state index in [9.17, 15) is 4.79 Å². The first kappa shape index (κ1) is 13.9. The zero-order chi connectivity index (χ0) is 14.1. The van der Waals surface area contributed by atoms with Crippen LogP contribution in [-0.2, 0) is 11.2 Å². The quantitative estimate of drug-likeness (QED) is 0.905. The minimum absolute atomic E-state index is 0.221. The van der Waals surface area contributed by atoms with Crippen molar-refractivity contribution in [1.82, 2.24) is 4.98 Å². The fourth-order valence-electron chi connectivity index (χ4n) is 2.76. The first-order chi connectivity index (χ1) is 9.63. The SMILES string of the molecule is CC1CCN(c2nc(C3CC3)c(CCC(=O)O)s2)CC1. The molecule has 0 unspecified atom stereocenters. The standard InChI is InChI=1S/C15H22N2O2S/c1-10-6-8-17(9-7-10)15-16-14(11-2-3-11)12(20-15)4-5-13(18)19/h10-11H,2-9H2,1H3,(H,18,19). The van der Waals surface area contributed by atoms with E-state index in [-0.39, 0.29) is 6.42 Å². The minimum atomic E-state index is -0.714. The van der Waals surface area contributed by atoms with Crippen LogP contribution in [0.5, 0.6) is 0 Å². The largest absolute Gasteiger partial charge is 0.481 e. The fourth-order valence-corrected chi connectivity index (χ4v) is 3.96. The van der Waals surface area contributed by atoms with E-state index in [1.165, 1.54) is 36.3 Å². The highest BCUT2D eigenvalue weighted by Crippen LogP contribution is 2.44. The zero-order valence-corrected chi connectivity index (χ0v) is 12.8. The van der Waals surface area contributed by atoms with Gasteiger partial charge in [0.25, 0.3) is 0 Å². The van der Waals surface area contributed by atoms with Gasteiger partial charge in [-0.3, -0.25) is 4.79 Å². The molecule has 1 saturated carbocycles. The number of rotatable bonds is 5. The summed E-state index contributed by atoms with van der Waals surface area (Å²) in [7, 11) is 0. The van der Waals surface area contributed by atoms with Crippen LogP contribution in [0.15, 0.2) is 0 Å². The van der Waals surface area contributed by atoms with E-state index in [0.717, 1.165) is 24.1 Å². The normalized spacial score (nSPS) is 20.4. The maximum Gasteiger partial charge on any atom is 0.303 e. The van der Waals surface area contributed by atoms with Gasteiger partial charge in [0.15, 0.2) is 5.13 Å². The van der Waals surface area contributed by atoms with Gasteiger partial charge >= 0.3 is 5.97 Å². The molecule has 110 valence electrons. The number of aryl methyl sites for hydroxylation is 1. The lowest BCUT2D eigenvalue weighted by Crippen LogP contribution is -2.32. The summed E-state index contributed by atoms with van der Waals surface area (Å²) in [6, 6.07) is 0. The summed E-state index contributed by atoms with van der Waals surface area (Å²) in [6.07, 6.45) is 5.79. The summed E-state index contributed by atoms with van der Waals surface area (Å²) in [4.78, 5) is 19.2. The van der Waals surface area contributed by atoms with Crippen molar-refractivity contribution in [2.45, 2.75) is 51.4 Å². The number of anilines is 1. The zero-order valence-electron chi connectivity index (χ0n) is 12.0. The van der Waals surface area contributed by atoms with Crippen LogP contribution in [0.2, 0.25) is 0 Å². The number of piperidine rings is 1. The molecule has 1 aromatic rings. The Morgan fingerprint density at radius 3 is 2.65 bits per heavy atom. The van der Waals surface area contributed by atoms with Gasteiger partial charge in [-0.25, -0.2) is 4.98 Å². The van der Waals surface area contributed by atoms with E-state index >= 15 is 0 Å². The molecule has 2 aliphatic rings. The number of carbonyl (C=O) groups is 1. The van der Waals surface area contributed by atoms with E-state index in [4.69, 9.17) is 10.1 Å². The van der Waals surface area contributed by atoms with Crippen LogP contribution in [0.25, 0.3) is 0 Å². The van der Waals surface area contributed by atoms with Crippen LogP contribution >= 0.6 is 11.3 Å². The van der Waals surface area contributed by atoms with E-state index in [0.29, 0.717) is 12.3 Å². The molecule has 0 aromatic carbocycles. The Balaban J connectivity index is 1.74. The average Bonchev–Trinajstić information content (AvgIpc) is 3.18. The van der Waals surface area contributed by atoms with Gasteiger partial charge in [0.2, 0.25) is 0 Å². The summed E-state index contributed by atoms with van der Waals surface area (Å²) < 4.78 is 0. The Kier molecular flexibility index (Phi) is 3.96. The monoisotopic (exact) mass is 294 g/mol. The molecule has 20 heavy (non-hydrogen) atoms. The van der Waals surface area contributed by atoms with Gasteiger partial charge in [-0.1, -0.05) is 6.92 Å². The summed E-state index contributed by atoms with van der Waals surface area (Å²) in [5.41, 5.74) is 1.20. The third-order valence-electron chi connectivity index (χ3n) is 4.30. The third-order valence-corrected chi connectivity index (χ3v) is 5.49. The van der Waals surface area contributed by atoms with Crippen LogP contribution < -0.4 is 4.90 Å². The van der Waals surface area contributed by atoms with Crippen molar-refractivity contribution in [2.75, 3.05) is 18.0 Å². The van der Waals surface area contributed by atoms with Crippen LogP contribution in [0.4, 0.5) is 5.13 Å². The van der Waals surface area contributed by atoms with E-state index in [1.54, 1.807) is 11.3 Å². The highest BCUT2D eigenvalue weighted by molar-refractivity contribution is 7.15. The number of carboxylic acid groups (broad SMARTS) is 1. The molecule has 0 amide bonds. The van der Waals surface area contributed by atoms with Gasteiger partial charge in [-0.05, 0) is 38.0 Å². The Labute approximate surface area is 123 Å². The molecule has 1 aliphatic carbocycles. The molecule has 2 heterocycles. The number of thiazole rings is 1. The lowest BCUT2D eigenvalue weighted by molar-refractivity contribution is -0.136. The highest BCUT2D eigenvalue weighted by atomic mass is 32.1. The maximum absolute atomic E-state index is 10.8. The van der Waals surface area contributed by atoms with Crippen LogP contribution in [-0.4, -0.2) is 29.1 Å². The smallest absolute Gasteiger partial charge is 0.303 e. The summed E-state index contributed by atoms with van der Waals surface area (Å²) in [5, 5.41) is 10.0. The van der Waals surface area contributed by atoms with E-state index in [2.05, 4.69) is 11.8 Å². The van der Waals surface area contributed by atoms with Crippen molar-refractivity contribution in [3.63, 3.8) is 0 Å². The van der Waals surface area contributed by atoms with Gasteiger partial charge in [-0.15, -0.1) is 11.3 Å². The molecular weight excluding hydrogens is 272 g/mol.